The lowest BCUT2D eigenvalue weighted by molar-refractivity contribution is 0.611. The lowest BCUT2D eigenvalue weighted by Crippen LogP contribution is -2.38. The molecule has 130 valence electrons. The number of rotatable bonds is 9. The predicted molar refractivity (Wildman–Crippen MR) is 98.4 cm³/mol. The first-order chi connectivity index (χ1) is 11.8. The SMILES string of the molecule is CCNC(=NCCCCn1cnnc1)NCCc1ccccc1Cl. The molecule has 1 aromatic heterocycles. The van der Waals surface area contributed by atoms with Crippen LogP contribution in [0.3, 0.4) is 0 Å². The van der Waals surface area contributed by atoms with Gasteiger partial charge in [-0.15, -0.1) is 10.2 Å². The maximum Gasteiger partial charge on any atom is 0.191 e. The summed E-state index contributed by atoms with van der Waals surface area (Å²) in [6.07, 6.45) is 6.44. The third kappa shape index (κ3) is 6.58. The van der Waals surface area contributed by atoms with Crippen LogP contribution in [0.1, 0.15) is 25.3 Å². The summed E-state index contributed by atoms with van der Waals surface area (Å²) in [7, 11) is 0. The largest absolute Gasteiger partial charge is 0.357 e. The fourth-order valence-electron chi connectivity index (χ4n) is 2.29. The third-order valence-electron chi connectivity index (χ3n) is 3.55. The predicted octanol–water partition coefficient (Wildman–Crippen LogP) is 2.51. The summed E-state index contributed by atoms with van der Waals surface area (Å²) in [5.74, 6) is 0.855. The molecule has 1 heterocycles. The number of nitrogens with one attached hydrogen (secondary N) is 2. The highest BCUT2D eigenvalue weighted by atomic mass is 35.5. The van der Waals surface area contributed by atoms with Gasteiger partial charge in [-0.2, -0.15) is 0 Å². The van der Waals surface area contributed by atoms with Gasteiger partial charge in [0.05, 0.1) is 0 Å². The molecular weight excluding hydrogens is 324 g/mol. The molecule has 2 rings (SSSR count). The molecule has 0 unspecified atom stereocenters. The summed E-state index contributed by atoms with van der Waals surface area (Å²) in [5.41, 5.74) is 1.15. The first-order valence-corrected chi connectivity index (χ1v) is 8.75. The summed E-state index contributed by atoms with van der Waals surface area (Å²) >= 11 is 6.18. The topological polar surface area (TPSA) is 67.1 Å². The number of guanidine groups is 1. The molecule has 0 radical (unpaired) electrons. The molecule has 24 heavy (non-hydrogen) atoms. The molecular formula is C17H25ClN6. The molecule has 0 saturated carbocycles. The van der Waals surface area contributed by atoms with Gasteiger partial charge in [0, 0.05) is 31.2 Å². The van der Waals surface area contributed by atoms with E-state index in [1.54, 1.807) is 12.7 Å². The lowest BCUT2D eigenvalue weighted by Gasteiger charge is -2.12. The summed E-state index contributed by atoms with van der Waals surface area (Å²) in [5, 5.41) is 15.0. The average molecular weight is 349 g/mol. The van der Waals surface area contributed by atoms with Crippen molar-refractivity contribution in [2.75, 3.05) is 19.6 Å². The Morgan fingerprint density at radius 2 is 1.96 bits per heavy atom. The van der Waals surface area contributed by atoms with Crippen molar-refractivity contribution >= 4 is 17.6 Å². The highest BCUT2D eigenvalue weighted by Gasteiger charge is 2.00. The van der Waals surface area contributed by atoms with Crippen molar-refractivity contribution in [3.8, 4) is 0 Å². The molecule has 0 saturated heterocycles. The number of unbranched alkanes of at least 4 members (excludes halogenated alkanes) is 1. The van der Waals surface area contributed by atoms with E-state index in [0.717, 1.165) is 62.0 Å². The van der Waals surface area contributed by atoms with Crippen molar-refractivity contribution in [3.63, 3.8) is 0 Å². The molecule has 2 aromatic rings. The van der Waals surface area contributed by atoms with E-state index in [2.05, 4.69) is 38.8 Å². The molecule has 6 nitrogen and oxygen atoms in total. The van der Waals surface area contributed by atoms with Crippen molar-refractivity contribution in [2.45, 2.75) is 32.7 Å². The van der Waals surface area contributed by atoms with E-state index in [9.17, 15) is 0 Å². The number of benzene rings is 1. The first kappa shape index (κ1) is 18.3. The molecule has 0 aliphatic carbocycles. The van der Waals surface area contributed by atoms with Gasteiger partial charge >= 0.3 is 0 Å². The van der Waals surface area contributed by atoms with E-state index < -0.39 is 0 Å². The van der Waals surface area contributed by atoms with Gasteiger partial charge in [-0.25, -0.2) is 0 Å². The normalized spacial score (nSPS) is 11.5. The van der Waals surface area contributed by atoms with E-state index in [4.69, 9.17) is 11.6 Å². The summed E-state index contributed by atoms with van der Waals surface area (Å²) < 4.78 is 1.98. The van der Waals surface area contributed by atoms with Gasteiger partial charge in [-0.1, -0.05) is 29.8 Å². The average Bonchev–Trinajstić information content (AvgIpc) is 3.09. The molecule has 1 aromatic carbocycles. The quantitative estimate of drug-likeness (QED) is 0.415. The molecule has 7 heteroatoms. The van der Waals surface area contributed by atoms with Crippen molar-refractivity contribution in [1.29, 1.82) is 0 Å². The monoisotopic (exact) mass is 348 g/mol. The molecule has 0 aliphatic heterocycles. The Labute approximate surface area is 148 Å². The van der Waals surface area contributed by atoms with Gasteiger partial charge in [0.1, 0.15) is 12.7 Å². The minimum absolute atomic E-state index is 0.795. The maximum absolute atomic E-state index is 6.18. The van der Waals surface area contributed by atoms with E-state index in [-0.39, 0.29) is 0 Å². The maximum atomic E-state index is 6.18. The summed E-state index contributed by atoms with van der Waals surface area (Å²) in [6.45, 7) is 5.44. The third-order valence-corrected chi connectivity index (χ3v) is 3.92. The van der Waals surface area contributed by atoms with Crippen LogP contribution in [0.2, 0.25) is 5.02 Å². The number of hydrogen-bond acceptors (Lipinski definition) is 3. The first-order valence-electron chi connectivity index (χ1n) is 8.37. The fourth-order valence-corrected chi connectivity index (χ4v) is 2.52. The van der Waals surface area contributed by atoms with Crippen LogP contribution in [0.4, 0.5) is 0 Å². The second kappa shape index (κ2) is 10.6. The van der Waals surface area contributed by atoms with Crippen LogP contribution < -0.4 is 10.6 Å². The molecule has 0 amide bonds. The van der Waals surface area contributed by atoms with E-state index in [1.165, 1.54) is 0 Å². The van der Waals surface area contributed by atoms with Gasteiger partial charge < -0.3 is 15.2 Å². The zero-order valence-corrected chi connectivity index (χ0v) is 14.8. The van der Waals surface area contributed by atoms with Crippen LogP contribution in [0.5, 0.6) is 0 Å². The molecule has 0 fully saturated rings. The van der Waals surface area contributed by atoms with Crippen LogP contribution >= 0.6 is 11.6 Å². The highest BCUT2D eigenvalue weighted by molar-refractivity contribution is 6.31. The Hall–Kier alpha value is -2.08. The van der Waals surface area contributed by atoms with Gasteiger partial charge in [-0.05, 0) is 37.8 Å². The molecule has 0 spiro atoms. The minimum atomic E-state index is 0.795. The number of aromatic nitrogens is 3. The van der Waals surface area contributed by atoms with Crippen LogP contribution in [0, 0.1) is 0 Å². The van der Waals surface area contributed by atoms with Crippen LogP contribution in [0.25, 0.3) is 0 Å². The molecule has 0 aliphatic rings. The number of halogens is 1. The van der Waals surface area contributed by atoms with Gasteiger partial charge in [0.25, 0.3) is 0 Å². The zero-order chi connectivity index (χ0) is 17.0. The highest BCUT2D eigenvalue weighted by Crippen LogP contribution is 2.14. The smallest absolute Gasteiger partial charge is 0.191 e. The molecule has 0 atom stereocenters. The Morgan fingerprint density at radius 1 is 1.17 bits per heavy atom. The number of hydrogen-bond donors (Lipinski definition) is 2. The van der Waals surface area contributed by atoms with E-state index in [0.29, 0.717) is 0 Å². The van der Waals surface area contributed by atoms with Crippen molar-refractivity contribution in [2.24, 2.45) is 4.99 Å². The van der Waals surface area contributed by atoms with Gasteiger partial charge in [0.15, 0.2) is 5.96 Å². The lowest BCUT2D eigenvalue weighted by atomic mass is 10.1. The van der Waals surface area contributed by atoms with Crippen molar-refractivity contribution in [1.82, 2.24) is 25.4 Å². The Bertz CT molecular complexity index is 611. The van der Waals surface area contributed by atoms with E-state index in [1.807, 2.05) is 22.8 Å². The molecule has 2 N–H and O–H groups in total. The van der Waals surface area contributed by atoms with Crippen LogP contribution in [-0.2, 0) is 13.0 Å². The second-order valence-electron chi connectivity index (χ2n) is 5.44. The number of aryl methyl sites for hydroxylation is 1. The van der Waals surface area contributed by atoms with Gasteiger partial charge in [-0.3, -0.25) is 4.99 Å². The fraction of sp³-hybridized carbons (Fsp3) is 0.471. The molecule has 0 bridgehead atoms. The van der Waals surface area contributed by atoms with Crippen molar-refractivity contribution < 1.29 is 0 Å². The Morgan fingerprint density at radius 3 is 2.71 bits per heavy atom. The Balaban J connectivity index is 1.69. The Kier molecular flexibility index (Phi) is 8.10. The van der Waals surface area contributed by atoms with E-state index >= 15 is 0 Å². The summed E-state index contributed by atoms with van der Waals surface area (Å²) in [4.78, 5) is 4.61. The standard InChI is InChI=1S/C17H25ClN6/c1-2-19-17(20-10-5-6-12-24-13-22-23-14-24)21-11-9-15-7-3-4-8-16(15)18/h3-4,7-8,13-14H,2,5-6,9-12H2,1H3,(H2,19,20,21). The second-order valence-corrected chi connectivity index (χ2v) is 5.84. The number of nitrogens with zero attached hydrogens (tertiary/aromatic N) is 4. The zero-order valence-electron chi connectivity index (χ0n) is 14.1. The van der Waals surface area contributed by atoms with Crippen molar-refractivity contribution in [3.05, 3.63) is 47.5 Å². The van der Waals surface area contributed by atoms with Crippen LogP contribution in [-0.4, -0.2) is 40.4 Å². The minimum Gasteiger partial charge on any atom is -0.357 e. The van der Waals surface area contributed by atoms with Gasteiger partial charge in [0.2, 0.25) is 0 Å². The number of aliphatic imine (C=N–C) groups is 1. The van der Waals surface area contributed by atoms with Crippen LogP contribution in [0.15, 0.2) is 41.9 Å². The summed E-state index contributed by atoms with van der Waals surface area (Å²) in [6, 6.07) is 7.94.